The summed E-state index contributed by atoms with van der Waals surface area (Å²) in [5, 5.41) is 14.8. The number of carbonyl (C=O) groups excluding carboxylic acids is 3. The maximum atomic E-state index is 13.2. The Balaban J connectivity index is 2.26. The van der Waals surface area contributed by atoms with Crippen molar-refractivity contribution in [2.24, 2.45) is 23.7 Å². The van der Waals surface area contributed by atoms with E-state index in [2.05, 4.69) is 17.6 Å². The van der Waals surface area contributed by atoms with Crippen molar-refractivity contribution in [3.8, 4) is 0 Å². The number of fused-ring (bicyclic) bond motifs is 1. The van der Waals surface area contributed by atoms with Gasteiger partial charge in [-0.2, -0.15) is 0 Å². The standard InChI is InChI=1S/C20H33N3O4/c1-4-5-6-10-22-19(26)17-14-9-8-13(2)15(18(25)21-3)16(14)20(27)23(17)11-7-12-24/h8-9,13-17,24H,4-7,10-12H2,1-3H3,(H,21,25)(H,22,26)/t13-,14+,15-,16+,17+/m1/s1. The number of amides is 3. The third-order valence-corrected chi connectivity index (χ3v) is 5.73. The molecule has 0 aromatic carbocycles. The zero-order chi connectivity index (χ0) is 20.0. The number of nitrogens with one attached hydrogen (secondary N) is 2. The van der Waals surface area contributed by atoms with Crippen molar-refractivity contribution < 1.29 is 19.5 Å². The molecule has 0 radical (unpaired) electrons. The van der Waals surface area contributed by atoms with Gasteiger partial charge < -0.3 is 20.6 Å². The van der Waals surface area contributed by atoms with Crippen LogP contribution in [-0.2, 0) is 14.4 Å². The summed E-state index contributed by atoms with van der Waals surface area (Å²) in [5.41, 5.74) is 0. The van der Waals surface area contributed by atoms with Crippen molar-refractivity contribution in [3.63, 3.8) is 0 Å². The molecule has 0 aromatic rings. The molecule has 152 valence electrons. The van der Waals surface area contributed by atoms with Crippen LogP contribution in [0, 0.1) is 23.7 Å². The minimum Gasteiger partial charge on any atom is -0.396 e. The largest absolute Gasteiger partial charge is 0.396 e. The first-order chi connectivity index (χ1) is 13.0. The van der Waals surface area contributed by atoms with Gasteiger partial charge >= 0.3 is 0 Å². The minimum atomic E-state index is -0.619. The predicted octanol–water partition coefficient (Wildman–Crippen LogP) is 0.687. The number of aliphatic hydroxyl groups excluding tert-OH is 1. The molecule has 1 fully saturated rings. The summed E-state index contributed by atoms with van der Waals surface area (Å²) in [6.45, 7) is 4.89. The lowest BCUT2D eigenvalue weighted by Crippen LogP contribution is -2.48. The minimum absolute atomic E-state index is 0.0466. The summed E-state index contributed by atoms with van der Waals surface area (Å²) in [5.74, 6) is -1.89. The highest BCUT2D eigenvalue weighted by atomic mass is 16.3. The van der Waals surface area contributed by atoms with Gasteiger partial charge in [0.2, 0.25) is 17.7 Å². The van der Waals surface area contributed by atoms with Crippen LogP contribution in [-0.4, -0.2) is 60.5 Å². The number of hydrogen-bond acceptors (Lipinski definition) is 4. The Morgan fingerprint density at radius 2 is 1.93 bits per heavy atom. The summed E-state index contributed by atoms with van der Waals surface area (Å²) < 4.78 is 0. The van der Waals surface area contributed by atoms with Crippen molar-refractivity contribution in [3.05, 3.63) is 12.2 Å². The van der Waals surface area contributed by atoms with Gasteiger partial charge in [-0.1, -0.05) is 38.8 Å². The van der Waals surface area contributed by atoms with Crippen LogP contribution in [0.4, 0.5) is 0 Å². The average Bonchev–Trinajstić information content (AvgIpc) is 2.94. The molecule has 1 heterocycles. The summed E-state index contributed by atoms with van der Waals surface area (Å²) in [4.78, 5) is 40.1. The highest BCUT2D eigenvalue weighted by Crippen LogP contribution is 2.43. The van der Waals surface area contributed by atoms with Gasteiger partial charge in [0.1, 0.15) is 6.04 Å². The van der Waals surface area contributed by atoms with E-state index < -0.39 is 17.9 Å². The van der Waals surface area contributed by atoms with Gasteiger partial charge in [-0.3, -0.25) is 14.4 Å². The molecule has 2 aliphatic rings. The van der Waals surface area contributed by atoms with Crippen LogP contribution < -0.4 is 10.6 Å². The molecule has 7 heteroatoms. The summed E-state index contributed by atoms with van der Waals surface area (Å²) >= 11 is 0. The second-order valence-corrected chi connectivity index (χ2v) is 7.54. The first-order valence-corrected chi connectivity index (χ1v) is 10.1. The Labute approximate surface area is 161 Å². The second kappa shape index (κ2) is 9.88. The molecule has 0 unspecified atom stereocenters. The van der Waals surface area contributed by atoms with E-state index in [1.165, 1.54) is 0 Å². The molecule has 0 aromatic heterocycles. The molecule has 2 rings (SSSR count). The SMILES string of the molecule is CCCCCNC(=O)[C@@H]1[C@H]2C=C[C@@H](C)[C@@H](C(=O)NC)[C@H]2C(=O)N1CCCO. The van der Waals surface area contributed by atoms with Crippen LogP contribution in [0.5, 0.6) is 0 Å². The molecule has 0 saturated carbocycles. The Morgan fingerprint density at radius 1 is 1.19 bits per heavy atom. The summed E-state index contributed by atoms with van der Waals surface area (Å²) in [6.07, 6.45) is 7.30. The van der Waals surface area contributed by atoms with E-state index in [1.54, 1.807) is 11.9 Å². The van der Waals surface area contributed by atoms with E-state index >= 15 is 0 Å². The number of allylic oxidation sites excluding steroid dienone is 1. The molecular formula is C20H33N3O4. The lowest BCUT2D eigenvalue weighted by molar-refractivity contribution is -0.140. The van der Waals surface area contributed by atoms with Gasteiger partial charge in [0.25, 0.3) is 0 Å². The van der Waals surface area contributed by atoms with Crippen LogP contribution in [0.3, 0.4) is 0 Å². The average molecular weight is 380 g/mol. The van der Waals surface area contributed by atoms with E-state index in [9.17, 15) is 19.5 Å². The van der Waals surface area contributed by atoms with E-state index in [1.807, 2.05) is 19.1 Å². The number of rotatable bonds is 9. The van der Waals surface area contributed by atoms with Crippen LogP contribution in [0.2, 0.25) is 0 Å². The van der Waals surface area contributed by atoms with Gasteiger partial charge in [0.15, 0.2) is 0 Å². The third-order valence-electron chi connectivity index (χ3n) is 5.73. The predicted molar refractivity (Wildman–Crippen MR) is 103 cm³/mol. The van der Waals surface area contributed by atoms with Crippen LogP contribution in [0.25, 0.3) is 0 Å². The Kier molecular flexibility index (Phi) is 7.83. The van der Waals surface area contributed by atoms with Gasteiger partial charge in [-0.15, -0.1) is 0 Å². The van der Waals surface area contributed by atoms with Gasteiger partial charge in [0, 0.05) is 32.7 Å². The van der Waals surface area contributed by atoms with Crippen molar-refractivity contribution in [2.75, 3.05) is 26.7 Å². The molecule has 0 spiro atoms. The number of unbranched alkanes of at least 4 members (excludes halogenated alkanes) is 2. The number of hydrogen-bond donors (Lipinski definition) is 3. The maximum absolute atomic E-state index is 13.2. The van der Waals surface area contributed by atoms with Gasteiger partial charge in [0.05, 0.1) is 11.8 Å². The van der Waals surface area contributed by atoms with Crippen molar-refractivity contribution >= 4 is 17.7 Å². The Hall–Kier alpha value is -1.89. The van der Waals surface area contributed by atoms with E-state index in [4.69, 9.17) is 0 Å². The summed E-state index contributed by atoms with van der Waals surface area (Å²) in [6, 6.07) is -0.619. The van der Waals surface area contributed by atoms with E-state index in [-0.39, 0.29) is 36.2 Å². The van der Waals surface area contributed by atoms with Crippen molar-refractivity contribution in [2.45, 2.75) is 45.6 Å². The monoisotopic (exact) mass is 379 g/mol. The summed E-state index contributed by atoms with van der Waals surface area (Å²) in [7, 11) is 1.57. The number of likely N-dealkylation sites (tertiary alicyclic amines) is 1. The van der Waals surface area contributed by atoms with Gasteiger partial charge in [-0.05, 0) is 18.8 Å². The third kappa shape index (κ3) is 4.51. The highest BCUT2D eigenvalue weighted by Gasteiger charge is 2.56. The molecule has 1 saturated heterocycles. The van der Waals surface area contributed by atoms with Crippen LogP contribution in [0.1, 0.15) is 39.5 Å². The first kappa shape index (κ1) is 21.4. The maximum Gasteiger partial charge on any atom is 0.243 e. The zero-order valence-corrected chi connectivity index (χ0v) is 16.6. The Bertz CT molecular complexity index is 578. The molecular weight excluding hydrogens is 346 g/mol. The smallest absolute Gasteiger partial charge is 0.243 e. The molecule has 1 aliphatic carbocycles. The first-order valence-electron chi connectivity index (χ1n) is 10.1. The lowest BCUT2D eigenvalue weighted by atomic mass is 9.70. The molecule has 3 N–H and O–H groups in total. The fourth-order valence-electron chi connectivity index (χ4n) is 4.33. The van der Waals surface area contributed by atoms with Crippen molar-refractivity contribution in [1.82, 2.24) is 15.5 Å². The van der Waals surface area contributed by atoms with Crippen LogP contribution >= 0.6 is 0 Å². The number of aliphatic hydroxyl groups is 1. The molecule has 0 bridgehead atoms. The topological polar surface area (TPSA) is 98.7 Å². The van der Waals surface area contributed by atoms with Crippen LogP contribution in [0.15, 0.2) is 12.2 Å². The van der Waals surface area contributed by atoms with E-state index in [0.717, 1.165) is 19.3 Å². The van der Waals surface area contributed by atoms with Gasteiger partial charge in [-0.25, -0.2) is 0 Å². The fourth-order valence-corrected chi connectivity index (χ4v) is 4.33. The van der Waals surface area contributed by atoms with E-state index in [0.29, 0.717) is 19.5 Å². The molecule has 5 atom stereocenters. The second-order valence-electron chi connectivity index (χ2n) is 7.54. The number of nitrogens with zero attached hydrogens (tertiary/aromatic N) is 1. The fraction of sp³-hybridized carbons (Fsp3) is 0.750. The molecule has 7 nitrogen and oxygen atoms in total. The van der Waals surface area contributed by atoms with Crippen molar-refractivity contribution in [1.29, 1.82) is 0 Å². The Morgan fingerprint density at radius 3 is 2.56 bits per heavy atom. The zero-order valence-electron chi connectivity index (χ0n) is 16.6. The lowest BCUT2D eigenvalue weighted by Gasteiger charge is -2.32. The highest BCUT2D eigenvalue weighted by molar-refractivity contribution is 5.96. The molecule has 3 amide bonds. The molecule has 1 aliphatic heterocycles. The normalized spacial score (nSPS) is 29.6. The molecule has 27 heavy (non-hydrogen) atoms. The quantitative estimate of drug-likeness (QED) is 0.405. The number of carbonyl (C=O) groups is 3.